The van der Waals surface area contributed by atoms with E-state index in [0.717, 1.165) is 78.4 Å². The lowest BCUT2D eigenvalue weighted by Crippen LogP contribution is -2.48. The summed E-state index contributed by atoms with van der Waals surface area (Å²) in [4.78, 5) is 20.7. The first kappa shape index (κ1) is 26.5. The number of hydrogen-bond acceptors (Lipinski definition) is 7. The molecule has 0 aliphatic carbocycles. The first-order valence-corrected chi connectivity index (χ1v) is 13.6. The highest BCUT2D eigenvalue weighted by molar-refractivity contribution is 6.09. The van der Waals surface area contributed by atoms with Gasteiger partial charge >= 0.3 is 6.03 Å². The number of carbonyl (C=O) groups is 1. The van der Waals surface area contributed by atoms with Crippen LogP contribution in [-0.2, 0) is 11.2 Å². The van der Waals surface area contributed by atoms with Gasteiger partial charge in [0.25, 0.3) is 0 Å². The molecule has 0 saturated carbocycles. The van der Waals surface area contributed by atoms with Crippen LogP contribution in [0.1, 0.15) is 36.8 Å². The summed E-state index contributed by atoms with van der Waals surface area (Å²) in [5.41, 5.74) is 6.16. The highest BCUT2D eigenvalue weighted by Crippen LogP contribution is 2.36. The zero-order valence-electron chi connectivity index (χ0n) is 22.6. The van der Waals surface area contributed by atoms with E-state index >= 15 is 0 Å². The van der Waals surface area contributed by atoms with Gasteiger partial charge < -0.3 is 30.5 Å². The lowest BCUT2D eigenvalue weighted by molar-refractivity contribution is 0.0798. The molecule has 5 rings (SSSR count). The second-order valence-electron chi connectivity index (χ2n) is 10.1. The predicted octanol–water partition coefficient (Wildman–Crippen LogP) is 3.46. The van der Waals surface area contributed by atoms with Crippen LogP contribution in [-0.4, -0.2) is 74.7 Å². The van der Waals surface area contributed by atoms with Crippen molar-refractivity contribution in [3.63, 3.8) is 0 Å². The van der Waals surface area contributed by atoms with Gasteiger partial charge in [-0.3, -0.25) is 5.41 Å². The van der Waals surface area contributed by atoms with Crippen LogP contribution >= 0.6 is 0 Å². The third-order valence-corrected chi connectivity index (χ3v) is 7.79. The second-order valence-corrected chi connectivity index (χ2v) is 10.1. The number of fused-ring (bicyclic) bond motifs is 1. The molecular weight excluding hydrogens is 492 g/mol. The maximum absolute atomic E-state index is 12.5. The first-order chi connectivity index (χ1) is 19.0. The van der Waals surface area contributed by atoms with Gasteiger partial charge in [0.2, 0.25) is 0 Å². The minimum Gasteiger partial charge on any atom is -0.385 e. The number of aromatic nitrogens is 1. The summed E-state index contributed by atoms with van der Waals surface area (Å²) in [7, 11) is 3.46. The quantitative estimate of drug-likeness (QED) is 0.345. The Labute approximate surface area is 229 Å². The summed E-state index contributed by atoms with van der Waals surface area (Å²) in [6.45, 7) is 3.11. The molecule has 39 heavy (non-hydrogen) atoms. The lowest BCUT2D eigenvalue weighted by atomic mass is 9.92. The number of nitriles is 1. The Bertz CT molecular complexity index is 1310. The molecule has 0 unspecified atom stereocenters. The zero-order valence-corrected chi connectivity index (χ0v) is 22.6. The molecule has 4 N–H and O–H groups in total. The zero-order chi connectivity index (χ0) is 27.4. The van der Waals surface area contributed by atoms with Crippen molar-refractivity contribution in [3.8, 4) is 17.2 Å². The maximum Gasteiger partial charge on any atom is 0.317 e. The Morgan fingerprint density at radius 3 is 2.69 bits per heavy atom. The molecule has 1 aromatic carbocycles. The number of urea groups is 1. The molecule has 204 valence electrons. The van der Waals surface area contributed by atoms with Crippen LogP contribution < -0.4 is 20.9 Å². The highest BCUT2D eigenvalue weighted by Gasteiger charge is 2.31. The van der Waals surface area contributed by atoms with Crippen molar-refractivity contribution in [2.75, 3.05) is 57.2 Å². The SMILES string of the molecule is CNC(=O)N1CCC(NC2CCOCC2)=C(C(=N)N2CCCc3cc(-c4ccc(NC)nc4)c(C#N)cc32)C1. The topological polar surface area (TPSA) is 129 Å². The molecule has 2 aromatic rings. The summed E-state index contributed by atoms with van der Waals surface area (Å²) >= 11 is 0. The van der Waals surface area contributed by atoms with Crippen molar-refractivity contribution in [2.45, 2.75) is 38.1 Å². The Morgan fingerprint density at radius 1 is 1.18 bits per heavy atom. The summed E-state index contributed by atoms with van der Waals surface area (Å²) in [6, 6.07) is 10.4. The number of hydrogen-bond donors (Lipinski definition) is 4. The van der Waals surface area contributed by atoms with Crippen LogP contribution in [0.15, 0.2) is 41.7 Å². The van der Waals surface area contributed by atoms with Gasteiger partial charge in [-0.2, -0.15) is 5.26 Å². The fourth-order valence-electron chi connectivity index (χ4n) is 5.62. The van der Waals surface area contributed by atoms with Gasteiger partial charge in [-0.15, -0.1) is 0 Å². The highest BCUT2D eigenvalue weighted by atomic mass is 16.5. The van der Waals surface area contributed by atoms with Gasteiger partial charge in [0.15, 0.2) is 0 Å². The van der Waals surface area contributed by atoms with Gasteiger partial charge in [-0.25, -0.2) is 9.78 Å². The number of pyridine rings is 1. The number of amides is 2. The van der Waals surface area contributed by atoms with E-state index in [-0.39, 0.29) is 6.03 Å². The first-order valence-electron chi connectivity index (χ1n) is 13.6. The molecule has 10 heteroatoms. The standard InChI is InChI=1S/C29H36N8O2/c1-32-27-6-5-20(17-34-27)23-14-19-4-3-10-37(26(19)15-21(23)16-30)28(31)24-18-36(29(38)33-2)11-7-25(24)35-22-8-12-39-13-9-22/h5-6,14-15,17,22,31,35H,3-4,7-13,18H2,1-2H3,(H,32,34)(H,33,38). The number of benzene rings is 1. The molecule has 3 aliphatic rings. The van der Waals surface area contributed by atoms with Gasteiger partial charge in [-0.1, -0.05) is 0 Å². The molecule has 0 spiro atoms. The molecular formula is C29H36N8O2. The molecule has 0 radical (unpaired) electrons. The summed E-state index contributed by atoms with van der Waals surface area (Å²) in [5.74, 6) is 1.15. The normalized spacial score (nSPS) is 17.8. The van der Waals surface area contributed by atoms with Crippen molar-refractivity contribution >= 4 is 23.4 Å². The van der Waals surface area contributed by atoms with E-state index in [0.29, 0.717) is 43.5 Å². The fourth-order valence-corrected chi connectivity index (χ4v) is 5.62. The number of amidine groups is 1. The number of anilines is 2. The minimum atomic E-state index is -0.140. The number of carbonyl (C=O) groups excluding carboxylic acids is 1. The van der Waals surface area contributed by atoms with E-state index in [4.69, 9.17) is 4.74 Å². The van der Waals surface area contributed by atoms with Crippen LogP contribution in [0.3, 0.4) is 0 Å². The van der Waals surface area contributed by atoms with Gasteiger partial charge in [-0.05, 0) is 55.5 Å². The van der Waals surface area contributed by atoms with Crippen LogP contribution in [0.25, 0.3) is 11.1 Å². The van der Waals surface area contributed by atoms with E-state index in [1.165, 1.54) is 0 Å². The van der Waals surface area contributed by atoms with E-state index in [2.05, 4.69) is 33.1 Å². The van der Waals surface area contributed by atoms with Crippen LogP contribution in [0.2, 0.25) is 0 Å². The lowest BCUT2D eigenvalue weighted by Gasteiger charge is -2.38. The van der Waals surface area contributed by atoms with Gasteiger partial charge in [0.05, 0.1) is 18.2 Å². The monoisotopic (exact) mass is 528 g/mol. The van der Waals surface area contributed by atoms with Crippen LogP contribution in [0.5, 0.6) is 0 Å². The Hall–Kier alpha value is -4.10. The van der Waals surface area contributed by atoms with Crippen molar-refractivity contribution < 1.29 is 9.53 Å². The van der Waals surface area contributed by atoms with Crippen LogP contribution in [0.4, 0.5) is 16.3 Å². The van der Waals surface area contributed by atoms with Crippen molar-refractivity contribution in [2.24, 2.45) is 0 Å². The number of aryl methyl sites for hydroxylation is 1. The summed E-state index contributed by atoms with van der Waals surface area (Å²) < 4.78 is 5.53. The average molecular weight is 529 g/mol. The van der Waals surface area contributed by atoms with Crippen molar-refractivity contribution in [1.82, 2.24) is 20.5 Å². The summed E-state index contributed by atoms with van der Waals surface area (Å²) in [6.07, 6.45) is 6.07. The molecule has 1 saturated heterocycles. The molecule has 0 bridgehead atoms. The molecule has 4 heterocycles. The average Bonchev–Trinajstić information content (AvgIpc) is 3.00. The third-order valence-electron chi connectivity index (χ3n) is 7.79. The molecule has 1 fully saturated rings. The fraction of sp³-hybridized carbons (Fsp3) is 0.448. The number of ether oxygens (including phenoxy) is 1. The van der Waals surface area contributed by atoms with E-state index in [1.807, 2.05) is 30.1 Å². The van der Waals surface area contributed by atoms with Crippen LogP contribution in [0, 0.1) is 16.7 Å². The number of nitrogens with one attached hydrogen (secondary N) is 4. The maximum atomic E-state index is 12.5. The smallest absolute Gasteiger partial charge is 0.317 e. The van der Waals surface area contributed by atoms with Gasteiger partial charge in [0, 0.05) is 87.1 Å². The molecule has 10 nitrogen and oxygen atoms in total. The summed E-state index contributed by atoms with van der Waals surface area (Å²) in [5, 5.41) is 28.9. The largest absolute Gasteiger partial charge is 0.385 e. The van der Waals surface area contributed by atoms with E-state index in [1.54, 1.807) is 18.1 Å². The van der Waals surface area contributed by atoms with Crippen molar-refractivity contribution in [1.29, 1.82) is 10.7 Å². The second kappa shape index (κ2) is 11.7. The molecule has 1 aromatic heterocycles. The third kappa shape index (κ3) is 5.54. The predicted molar refractivity (Wildman–Crippen MR) is 152 cm³/mol. The Morgan fingerprint density at radius 2 is 2.00 bits per heavy atom. The molecule has 0 atom stereocenters. The van der Waals surface area contributed by atoms with E-state index < -0.39 is 0 Å². The molecule has 3 aliphatic heterocycles. The van der Waals surface area contributed by atoms with E-state index in [9.17, 15) is 15.5 Å². The molecule has 2 amide bonds. The number of nitrogens with zero attached hydrogens (tertiary/aromatic N) is 4. The van der Waals surface area contributed by atoms with Gasteiger partial charge in [0.1, 0.15) is 11.7 Å². The Balaban J connectivity index is 1.49. The Kier molecular flexibility index (Phi) is 7.98. The van der Waals surface area contributed by atoms with Crippen molar-refractivity contribution in [3.05, 3.63) is 52.9 Å². The minimum absolute atomic E-state index is 0.140. The number of rotatable bonds is 5.